The monoisotopic (exact) mass is 522 g/mol. The molecule has 1 saturated carbocycles. The fourth-order valence-corrected chi connectivity index (χ4v) is 5.53. The first kappa shape index (κ1) is 27.8. The van der Waals surface area contributed by atoms with Gasteiger partial charge in [0.15, 0.2) is 6.29 Å². The van der Waals surface area contributed by atoms with E-state index in [9.17, 15) is 22.0 Å². The van der Waals surface area contributed by atoms with Gasteiger partial charge in [0.05, 0.1) is 13.2 Å². The summed E-state index contributed by atoms with van der Waals surface area (Å²) in [4.78, 5) is 0. The molecule has 0 atom stereocenters. The lowest BCUT2D eigenvalue weighted by atomic mass is 9.74. The number of allylic oxidation sites excluding steroid dienone is 1. The van der Waals surface area contributed by atoms with Crippen LogP contribution in [0.4, 0.5) is 22.0 Å². The van der Waals surface area contributed by atoms with Crippen molar-refractivity contribution in [1.29, 1.82) is 0 Å². The van der Waals surface area contributed by atoms with E-state index in [4.69, 9.17) is 9.47 Å². The molecule has 1 saturated heterocycles. The smallest absolute Gasteiger partial charge is 0.348 e. The third kappa shape index (κ3) is 7.64. The summed E-state index contributed by atoms with van der Waals surface area (Å²) in [5.41, 5.74) is 0.868. The van der Waals surface area contributed by atoms with Crippen molar-refractivity contribution in [3.63, 3.8) is 0 Å². The lowest BCUT2D eigenvalue weighted by Gasteiger charge is -2.38. The van der Waals surface area contributed by atoms with Gasteiger partial charge in [0.1, 0.15) is 11.6 Å². The van der Waals surface area contributed by atoms with E-state index in [1.807, 2.05) is 0 Å². The summed E-state index contributed by atoms with van der Waals surface area (Å²) in [6.07, 6.45) is 5.47. The normalized spacial score (nSPS) is 25.0. The highest BCUT2D eigenvalue weighted by molar-refractivity contribution is 5.67. The molecule has 0 bridgehead atoms. The van der Waals surface area contributed by atoms with Crippen LogP contribution in [0.15, 0.2) is 42.5 Å². The lowest BCUT2D eigenvalue weighted by molar-refractivity contribution is -0.214. The lowest BCUT2D eigenvalue weighted by Crippen LogP contribution is -2.34. The minimum atomic E-state index is -4.65. The Kier molecular flexibility index (Phi) is 9.41. The third-order valence-electron chi connectivity index (χ3n) is 7.73. The van der Waals surface area contributed by atoms with Crippen LogP contribution in [0, 0.1) is 29.4 Å². The second-order valence-electron chi connectivity index (χ2n) is 10.4. The van der Waals surface area contributed by atoms with Crippen molar-refractivity contribution in [2.24, 2.45) is 17.8 Å². The third-order valence-corrected chi connectivity index (χ3v) is 7.73. The van der Waals surface area contributed by atoms with Crippen LogP contribution < -0.4 is 0 Å². The van der Waals surface area contributed by atoms with Gasteiger partial charge in [-0.1, -0.05) is 69.7 Å². The molecule has 1 aliphatic heterocycles. The highest BCUT2D eigenvalue weighted by atomic mass is 19.4. The van der Waals surface area contributed by atoms with E-state index in [1.54, 1.807) is 24.3 Å². The summed E-state index contributed by atoms with van der Waals surface area (Å²) in [5, 5.41) is 0. The Morgan fingerprint density at radius 1 is 0.838 bits per heavy atom. The van der Waals surface area contributed by atoms with Crippen molar-refractivity contribution < 1.29 is 31.4 Å². The second kappa shape index (κ2) is 12.5. The van der Waals surface area contributed by atoms with Gasteiger partial charge in [-0.15, -0.1) is 0 Å². The van der Waals surface area contributed by atoms with Crippen LogP contribution in [0.1, 0.15) is 75.7 Å². The number of benzene rings is 2. The quantitative estimate of drug-likeness (QED) is 0.254. The molecule has 1 aliphatic carbocycles. The predicted octanol–water partition coefficient (Wildman–Crippen LogP) is 9.26. The fourth-order valence-electron chi connectivity index (χ4n) is 5.53. The largest absolute Gasteiger partial charge is 0.409 e. The van der Waals surface area contributed by atoms with Crippen LogP contribution in [-0.4, -0.2) is 19.4 Å². The first-order valence-corrected chi connectivity index (χ1v) is 13.3. The van der Waals surface area contributed by atoms with Crippen molar-refractivity contribution in [2.45, 2.75) is 70.8 Å². The van der Waals surface area contributed by atoms with Crippen molar-refractivity contribution in [1.82, 2.24) is 0 Å². The van der Waals surface area contributed by atoms with E-state index < -0.39 is 29.7 Å². The van der Waals surface area contributed by atoms with Crippen LogP contribution in [0.5, 0.6) is 0 Å². The van der Waals surface area contributed by atoms with E-state index >= 15 is 0 Å². The maximum absolute atomic E-state index is 14.3. The Morgan fingerprint density at radius 2 is 1.46 bits per heavy atom. The van der Waals surface area contributed by atoms with Gasteiger partial charge >= 0.3 is 6.18 Å². The van der Waals surface area contributed by atoms with E-state index in [1.165, 1.54) is 51.4 Å². The number of hydrogen-bond acceptors (Lipinski definition) is 2. The van der Waals surface area contributed by atoms with Gasteiger partial charge in [0.25, 0.3) is 0 Å². The van der Waals surface area contributed by atoms with Gasteiger partial charge in [-0.25, -0.2) is 8.78 Å². The number of unbranched alkanes of at least 4 members (excludes halogenated alkanes) is 2. The summed E-state index contributed by atoms with van der Waals surface area (Å²) in [7, 11) is 0. The van der Waals surface area contributed by atoms with Gasteiger partial charge in [-0.3, -0.25) is 0 Å². The first-order chi connectivity index (χ1) is 17.7. The zero-order valence-electron chi connectivity index (χ0n) is 21.2. The van der Waals surface area contributed by atoms with Crippen LogP contribution >= 0.6 is 0 Å². The Morgan fingerprint density at radius 3 is 2.03 bits per heavy atom. The molecule has 2 nitrogen and oxygen atoms in total. The SMILES string of the molecule is CCCCCC1CCC(C2COC(c3ccc(-c4cc(F)c(/C=C/C(F)(F)F)c(F)c4)cc3)OC2)CC1. The molecule has 1 heterocycles. The second-order valence-corrected chi connectivity index (χ2v) is 10.4. The number of halogens is 5. The van der Waals surface area contributed by atoms with E-state index in [0.29, 0.717) is 36.7 Å². The molecular weight excluding hydrogens is 487 g/mol. The van der Waals surface area contributed by atoms with Gasteiger partial charge in [-0.2, -0.15) is 13.2 Å². The Labute approximate surface area is 215 Å². The molecule has 0 aromatic heterocycles. The van der Waals surface area contributed by atoms with Crippen molar-refractivity contribution in [2.75, 3.05) is 13.2 Å². The summed E-state index contributed by atoms with van der Waals surface area (Å²) in [5.74, 6) is -0.194. The summed E-state index contributed by atoms with van der Waals surface area (Å²) >= 11 is 0. The number of alkyl halides is 3. The minimum absolute atomic E-state index is 0.183. The average molecular weight is 523 g/mol. The molecule has 0 spiro atoms. The fraction of sp³-hybridized carbons (Fsp3) is 0.533. The highest BCUT2D eigenvalue weighted by Crippen LogP contribution is 2.39. The summed E-state index contributed by atoms with van der Waals surface area (Å²) in [6.45, 7) is 3.55. The Balaban J connectivity index is 1.31. The maximum atomic E-state index is 14.3. The Bertz CT molecular complexity index is 1010. The highest BCUT2D eigenvalue weighted by Gasteiger charge is 2.32. The van der Waals surface area contributed by atoms with Crippen molar-refractivity contribution in [3.05, 3.63) is 65.2 Å². The molecule has 0 N–H and O–H groups in total. The van der Waals surface area contributed by atoms with Crippen LogP contribution in [0.25, 0.3) is 17.2 Å². The van der Waals surface area contributed by atoms with Crippen molar-refractivity contribution in [3.8, 4) is 11.1 Å². The van der Waals surface area contributed by atoms with Gasteiger partial charge < -0.3 is 9.47 Å². The number of hydrogen-bond donors (Lipinski definition) is 0. The van der Waals surface area contributed by atoms with Crippen LogP contribution in [0.3, 0.4) is 0 Å². The molecule has 37 heavy (non-hydrogen) atoms. The van der Waals surface area contributed by atoms with Gasteiger partial charge in [-0.05, 0) is 54.0 Å². The molecule has 202 valence electrons. The molecule has 2 aromatic rings. The zero-order valence-corrected chi connectivity index (χ0v) is 21.2. The zero-order chi connectivity index (χ0) is 26.4. The van der Waals surface area contributed by atoms with Gasteiger partial charge in [0, 0.05) is 23.1 Å². The predicted molar refractivity (Wildman–Crippen MR) is 135 cm³/mol. The standard InChI is InChI=1S/C30H35F5O2/c1-2-3-4-5-20-6-8-22(9-7-20)25-18-36-29(37-19-25)23-12-10-21(11-13-23)24-16-27(31)26(28(32)17-24)14-15-30(33,34)35/h10-17,20,22,25,29H,2-9,18-19H2,1H3/b15-14+. The minimum Gasteiger partial charge on any atom is -0.348 e. The molecule has 0 radical (unpaired) electrons. The van der Waals surface area contributed by atoms with Crippen LogP contribution in [0.2, 0.25) is 0 Å². The molecule has 7 heteroatoms. The number of ether oxygens (including phenoxy) is 2. The van der Waals surface area contributed by atoms with E-state index in [-0.39, 0.29) is 11.6 Å². The topological polar surface area (TPSA) is 18.5 Å². The molecule has 0 unspecified atom stereocenters. The van der Waals surface area contributed by atoms with Crippen LogP contribution in [-0.2, 0) is 9.47 Å². The molecule has 2 fully saturated rings. The Hall–Kier alpha value is -2.25. The van der Waals surface area contributed by atoms with E-state index in [0.717, 1.165) is 23.6 Å². The molecule has 2 aromatic carbocycles. The van der Waals surface area contributed by atoms with E-state index in [2.05, 4.69) is 6.92 Å². The average Bonchev–Trinajstić information content (AvgIpc) is 2.88. The molecule has 0 amide bonds. The van der Waals surface area contributed by atoms with Gasteiger partial charge in [0.2, 0.25) is 0 Å². The molecule has 2 aliphatic rings. The molecular formula is C30H35F5O2. The summed E-state index contributed by atoms with van der Waals surface area (Å²) in [6, 6.07) is 9.04. The maximum Gasteiger partial charge on any atom is 0.409 e. The van der Waals surface area contributed by atoms with Crippen molar-refractivity contribution >= 4 is 6.08 Å². The molecule has 4 rings (SSSR count). The first-order valence-electron chi connectivity index (χ1n) is 13.3. The number of rotatable bonds is 8. The summed E-state index contributed by atoms with van der Waals surface area (Å²) < 4.78 is 77.8.